The van der Waals surface area contributed by atoms with E-state index in [4.69, 9.17) is 0 Å². The van der Waals surface area contributed by atoms with Gasteiger partial charge in [0.2, 0.25) is 11.8 Å². The van der Waals surface area contributed by atoms with E-state index in [0.29, 0.717) is 18.3 Å². The summed E-state index contributed by atoms with van der Waals surface area (Å²) in [6.07, 6.45) is 8.80. The highest BCUT2D eigenvalue weighted by molar-refractivity contribution is 5.87. The summed E-state index contributed by atoms with van der Waals surface area (Å²) in [6, 6.07) is -0.396. The summed E-state index contributed by atoms with van der Waals surface area (Å²) >= 11 is 0. The van der Waals surface area contributed by atoms with Crippen LogP contribution in [0.25, 0.3) is 0 Å². The highest BCUT2D eigenvalue weighted by atomic mass is 16.2. The summed E-state index contributed by atoms with van der Waals surface area (Å²) in [4.78, 5) is 26.6. The van der Waals surface area contributed by atoms with E-state index in [1.807, 2.05) is 18.9 Å². The topological polar surface area (TPSA) is 61.4 Å². The second-order valence-electron chi connectivity index (χ2n) is 7.32. The first-order valence-corrected chi connectivity index (χ1v) is 9.33. The van der Waals surface area contributed by atoms with E-state index in [0.717, 1.165) is 45.3 Å². The molecule has 0 aromatic carbocycles. The highest BCUT2D eigenvalue weighted by Gasteiger charge is 2.27. The fraction of sp³-hybridized carbons (Fsp3) is 0.889. The lowest BCUT2D eigenvalue weighted by Crippen LogP contribution is -2.50. The van der Waals surface area contributed by atoms with Crippen LogP contribution in [-0.4, -0.2) is 49.4 Å². The van der Waals surface area contributed by atoms with E-state index < -0.39 is 6.04 Å². The maximum Gasteiger partial charge on any atom is 0.244 e. The van der Waals surface area contributed by atoms with Crippen LogP contribution in [-0.2, 0) is 9.59 Å². The molecule has 2 rings (SSSR count). The predicted octanol–water partition coefficient (Wildman–Crippen LogP) is 1.92. The van der Waals surface area contributed by atoms with Crippen LogP contribution < -0.4 is 10.6 Å². The lowest BCUT2D eigenvalue weighted by atomic mass is 9.87. The van der Waals surface area contributed by atoms with Crippen LogP contribution in [0.1, 0.15) is 58.3 Å². The van der Waals surface area contributed by atoms with E-state index in [1.165, 1.54) is 19.3 Å². The van der Waals surface area contributed by atoms with E-state index in [1.54, 1.807) is 0 Å². The van der Waals surface area contributed by atoms with Crippen molar-refractivity contribution < 1.29 is 9.59 Å². The zero-order valence-electron chi connectivity index (χ0n) is 14.8. The Labute approximate surface area is 140 Å². The molecule has 2 amide bonds. The molecule has 0 bridgehead atoms. The van der Waals surface area contributed by atoms with Crippen molar-refractivity contribution in [3.05, 3.63) is 0 Å². The number of nitrogens with zero attached hydrogens (tertiary/aromatic N) is 1. The van der Waals surface area contributed by atoms with Gasteiger partial charge in [0.1, 0.15) is 6.04 Å². The molecule has 1 aliphatic carbocycles. The monoisotopic (exact) mass is 323 g/mol. The Kier molecular flexibility index (Phi) is 7.34. The smallest absolute Gasteiger partial charge is 0.244 e. The number of rotatable bonds is 6. The van der Waals surface area contributed by atoms with Crippen molar-refractivity contribution in [1.82, 2.24) is 15.5 Å². The van der Waals surface area contributed by atoms with Crippen molar-refractivity contribution >= 4 is 11.8 Å². The average molecular weight is 323 g/mol. The van der Waals surface area contributed by atoms with Crippen LogP contribution in [0.4, 0.5) is 0 Å². The number of nitrogens with one attached hydrogen (secondary N) is 2. The van der Waals surface area contributed by atoms with E-state index >= 15 is 0 Å². The number of amides is 2. The molecule has 5 heteroatoms. The minimum Gasteiger partial charge on any atom is -0.345 e. The van der Waals surface area contributed by atoms with Gasteiger partial charge < -0.3 is 15.5 Å². The summed E-state index contributed by atoms with van der Waals surface area (Å²) in [7, 11) is 1.97. The lowest BCUT2D eigenvalue weighted by molar-refractivity contribution is -0.137. The Balaban J connectivity index is 1.71. The summed E-state index contributed by atoms with van der Waals surface area (Å²) < 4.78 is 0. The van der Waals surface area contributed by atoms with Crippen LogP contribution in [0.2, 0.25) is 0 Å². The number of carbonyl (C=O) groups is 2. The van der Waals surface area contributed by atoms with Crippen LogP contribution in [0.15, 0.2) is 0 Å². The van der Waals surface area contributed by atoms with Crippen LogP contribution >= 0.6 is 0 Å². The maximum absolute atomic E-state index is 12.5. The molecule has 0 aromatic rings. The van der Waals surface area contributed by atoms with Crippen molar-refractivity contribution in [3.8, 4) is 0 Å². The molecule has 23 heavy (non-hydrogen) atoms. The molecule has 1 aliphatic heterocycles. The molecular weight excluding hydrogens is 290 g/mol. The molecule has 132 valence electrons. The second kappa shape index (κ2) is 9.26. The molecule has 0 radical (unpaired) electrons. The molecule has 1 saturated carbocycles. The maximum atomic E-state index is 12.5. The van der Waals surface area contributed by atoms with Gasteiger partial charge in [-0.2, -0.15) is 0 Å². The first-order chi connectivity index (χ1) is 11.1. The average Bonchev–Trinajstić information content (AvgIpc) is 2.56. The molecule has 0 spiro atoms. The first-order valence-electron chi connectivity index (χ1n) is 9.33. The fourth-order valence-corrected chi connectivity index (χ4v) is 3.94. The molecule has 2 aliphatic rings. The third-order valence-corrected chi connectivity index (χ3v) is 5.37. The van der Waals surface area contributed by atoms with Gasteiger partial charge in [0.25, 0.3) is 0 Å². The minimum atomic E-state index is -0.396. The number of hydrogen-bond acceptors (Lipinski definition) is 3. The van der Waals surface area contributed by atoms with Crippen LogP contribution in [0.3, 0.4) is 0 Å². The molecule has 2 N–H and O–H groups in total. The Hall–Kier alpha value is -1.10. The number of likely N-dealkylation sites (tertiary alicyclic amines) is 1. The van der Waals surface area contributed by atoms with Crippen molar-refractivity contribution in [3.63, 3.8) is 0 Å². The first kappa shape index (κ1) is 18.2. The Morgan fingerprint density at radius 1 is 1.04 bits per heavy atom. The normalized spacial score (nSPS) is 21.9. The molecule has 2 fully saturated rings. The van der Waals surface area contributed by atoms with Gasteiger partial charge in [-0.15, -0.1) is 0 Å². The quantitative estimate of drug-likeness (QED) is 0.785. The van der Waals surface area contributed by atoms with Gasteiger partial charge in [-0.05, 0) is 58.0 Å². The Morgan fingerprint density at radius 3 is 2.30 bits per heavy atom. The third-order valence-electron chi connectivity index (χ3n) is 5.37. The lowest BCUT2D eigenvalue weighted by Gasteiger charge is -2.33. The van der Waals surface area contributed by atoms with Crippen LogP contribution in [0.5, 0.6) is 0 Å². The summed E-state index contributed by atoms with van der Waals surface area (Å²) in [5.74, 6) is 1.30. The zero-order valence-corrected chi connectivity index (χ0v) is 14.8. The second-order valence-corrected chi connectivity index (χ2v) is 7.32. The van der Waals surface area contributed by atoms with Gasteiger partial charge in [0, 0.05) is 19.5 Å². The van der Waals surface area contributed by atoms with Crippen molar-refractivity contribution in [2.24, 2.45) is 11.8 Å². The third kappa shape index (κ3) is 5.79. The van der Waals surface area contributed by atoms with Gasteiger partial charge in [-0.3, -0.25) is 9.59 Å². The standard InChI is InChI=1S/C18H33N3O2/c1-14(20-17(22)12-15-6-4-3-5-7-15)18(23)21-10-8-16(9-11-21)13-19-2/h14-16,19H,3-13H2,1-2H3,(H,20,22). The van der Waals surface area contributed by atoms with Gasteiger partial charge >= 0.3 is 0 Å². The Morgan fingerprint density at radius 2 is 1.70 bits per heavy atom. The van der Waals surface area contributed by atoms with Gasteiger partial charge in [-0.25, -0.2) is 0 Å². The number of hydrogen-bond donors (Lipinski definition) is 2. The van der Waals surface area contributed by atoms with Gasteiger partial charge in [-0.1, -0.05) is 19.3 Å². The summed E-state index contributed by atoms with van der Waals surface area (Å²) in [6.45, 7) is 4.47. The van der Waals surface area contributed by atoms with Gasteiger partial charge in [0.05, 0.1) is 0 Å². The predicted molar refractivity (Wildman–Crippen MR) is 92.0 cm³/mol. The van der Waals surface area contributed by atoms with E-state index in [9.17, 15) is 9.59 Å². The summed E-state index contributed by atoms with van der Waals surface area (Å²) in [5.41, 5.74) is 0. The van der Waals surface area contributed by atoms with Gasteiger partial charge in [0.15, 0.2) is 0 Å². The minimum absolute atomic E-state index is 0.0443. The molecule has 1 saturated heterocycles. The Bertz CT molecular complexity index is 386. The largest absolute Gasteiger partial charge is 0.345 e. The molecule has 1 unspecified atom stereocenters. The summed E-state index contributed by atoms with van der Waals surface area (Å²) in [5, 5.41) is 6.13. The molecule has 0 aromatic heterocycles. The van der Waals surface area contributed by atoms with E-state index in [-0.39, 0.29) is 11.8 Å². The fourth-order valence-electron chi connectivity index (χ4n) is 3.94. The molecule has 1 heterocycles. The van der Waals surface area contributed by atoms with Crippen molar-refractivity contribution in [2.75, 3.05) is 26.7 Å². The van der Waals surface area contributed by atoms with E-state index in [2.05, 4.69) is 10.6 Å². The molecular formula is C18H33N3O2. The SMILES string of the molecule is CNCC1CCN(C(=O)C(C)NC(=O)CC2CCCCC2)CC1. The molecule has 5 nitrogen and oxygen atoms in total. The van der Waals surface area contributed by atoms with Crippen molar-refractivity contribution in [2.45, 2.75) is 64.3 Å². The molecule has 1 atom stereocenters. The zero-order chi connectivity index (χ0) is 16.7. The van der Waals surface area contributed by atoms with Crippen molar-refractivity contribution in [1.29, 1.82) is 0 Å². The number of carbonyl (C=O) groups excluding carboxylic acids is 2. The van der Waals surface area contributed by atoms with Crippen LogP contribution in [0, 0.1) is 11.8 Å². The highest BCUT2D eigenvalue weighted by Crippen LogP contribution is 2.26. The number of piperidine rings is 1.